The molecule has 0 bridgehead atoms. The number of methoxy groups -OCH3 is 1. The van der Waals surface area contributed by atoms with Crippen molar-refractivity contribution in [2.75, 3.05) is 12.0 Å². The highest BCUT2D eigenvalue weighted by molar-refractivity contribution is 6.20. The van der Waals surface area contributed by atoms with E-state index in [9.17, 15) is 14.7 Å². The molecule has 0 radical (unpaired) electrons. The van der Waals surface area contributed by atoms with Gasteiger partial charge in [0.15, 0.2) is 22.9 Å². The van der Waals surface area contributed by atoms with E-state index in [4.69, 9.17) is 13.6 Å². The minimum absolute atomic E-state index is 0.0117. The van der Waals surface area contributed by atoms with Gasteiger partial charge in [-0.05, 0) is 61.4 Å². The Morgan fingerprint density at radius 1 is 1.06 bits per heavy atom. The Labute approximate surface area is 189 Å². The number of amides is 1. The highest BCUT2D eigenvalue weighted by Crippen LogP contribution is 2.43. The van der Waals surface area contributed by atoms with Crippen molar-refractivity contribution < 1.29 is 28.3 Å². The van der Waals surface area contributed by atoms with Gasteiger partial charge in [0, 0.05) is 11.1 Å². The van der Waals surface area contributed by atoms with Crippen molar-refractivity contribution in [1.82, 2.24) is 0 Å². The number of rotatable bonds is 5. The number of Topliss-reactive ketones (excluding diaryl/α,β-unsaturated/α-hetero) is 1. The maximum atomic E-state index is 13.6. The molecule has 0 saturated carbocycles. The van der Waals surface area contributed by atoms with Gasteiger partial charge in [-0.3, -0.25) is 14.5 Å². The zero-order valence-corrected chi connectivity index (χ0v) is 18.3. The van der Waals surface area contributed by atoms with Crippen LogP contribution < -0.4 is 9.64 Å². The fraction of sp³-hybridized carbons (Fsp3) is 0.154. The first-order chi connectivity index (χ1) is 15.9. The largest absolute Gasteiger partial charge is 0.503 e. The van der Waals surface area contributed by atoms with E-state index in [-0.39, 0.29) is 11.3 Å². The molecule has 33 heavy (non-hydrogen) atoms. The van der Waals surface area contributed by atoms with E-state index in [0.29, 0.717) is 28.2 Å². The van der Waals surface area contributed by atoms with Gasteiger partial charge in [0.2, 0.25) is 5.78 Å². The number of benzene rings is 2. The number of hydrogen-bond acceptors (Lipinski definition) is 6. The van der Waals surface area contributed by atoms with Crippen molar-refractivity contribution in [2.45, 2.75) is 19.9 Å². The molecule has 1 aliphatic rings. The monoisotopic (exact) mass is 443 g/mol. The van der Waals surface area contributed by atoms with E-state index in [1.165, 1.54) is 18.3 Å². The SMILES string of the molecule is COc1cccc2cc(C(=O)C3=C(O)C(=O)N(c4ccc(C)c(C)c4)C3c3ccco3)oc12. The molecule has 4 aromatic rings. The number of aliphatic hydroxyl groups excluding tert-OH is 1. The molecular weight excluding hydrogens is 422 g/mol. The van der Waals surface area contributed by atoms with Gasteiger partial charge >= 0.3 is 0 Å². The van der Waals surface area contributed by atoms with Crippen molar-refractivity contribution in [3.63, 3.8) is 0 Å². The minimum atomic E-state index is -0.947. The first-order valence-corrected chi connectivity index (χ1v) is 10.4. The summed E-state index contributed by atoms with van der Waals surface area (Å²) in [5.41, 5.74) is 2.89. The average Bonchev–Trinajstić information content (AvgIpc) is 3.54. The number of para-hydroxylation sites is 1. The highest BCUT2D eigenvalue weighted by Gasteiger charge is 2.46. The standard InChI is InChI=1S/C26H21NO6/c1-14-9-10-17(12-15(14)2)27-22(18-8-5-11-32-18)21(24(29)26(27)30)23(28)20-13-16-6-4-7-19(31-3)25(16)33-20/h4-13,22,29H,1-3H3. The number of furan rings is 2. The number of anilines is 1. The van der Waals surface area contributed by atoms with E-state index in [2.05, 4.69) is 0 Å². The molecule has 0 spiro atoms. The Hall–Kier alpha value is -4.26. The summed E-state index contributed by atoms with van der Waals surface area (Å²) < 4.78 is 16.7. The van der Waals surface area contributed by atoms with Gasteiger partial charge in [0.05, 0.1) is 18.9 Å². The Bertz CT molecular complexity index is 1430. The molecule has 2 aromatic carbocycles. The third kappa shape index (κ3) is 3.20. The molecule has 1 N–H and O–H groups in total. The number of carbonyl (C=O) groups is 2. The predicted molar refractivity (Wildman–Crippen MR) is 122 cm³/mol. The molecule has 1 unspecified atom stereocenters. The summed E-state index contributed by atoms with van der Waals surface area (Å²) >= 11 is 0. The van der Waals surface area contributed by atoms with Crippen LogP contribution in [0.2, 0.25) is 0 Å². The fourth-order valence-electron chi connectivity index (χ4n) is 4.14. The summed E-state index contributed by atoms with van der Waals surface area (Å²) in [6, 6.07) is 14.8. The Morgan fingerprint density at radius 3 is 2.58 bits per heavy atom. The third-order valence-corrected chi connectivity index (χ3v) is 5.99. The molecule has 2 aromatic heterocycles. The Balaban J connectivity index is 1.64. The van der Waals surface area contributed by atoms with Crippen LogP contribution in [0.25, 0.3) is 11.0 Å². The molecular formula is C26H21NO6. The maximum absolute atomic E-state index is 13.6. The van der Waals surface area contributed by atoms with Crippen molar-refractivity contribution >= 4 is 28.3 Å². The number of aryl methyl sites for hydroxylation is 2. The smallest absolute Gasteiger partial charge is 0.294 e. The van der Waals surface area contributed by atoms with Crippen LogP contribution in [-0.4, -0.2) is 23.9 Å². The number of nitrogens with zero attached hydrogens (tertiary/aromatic N) is 1. The Kier molecular flexibility index (Phi) is 4.82. The first kappa shape index (κ1) is 20.6. The van der Waals surface area contributed by atoms with Crippen molar-refractivity contribution in [3.8, 4) is 5.75 Å². The summed E-state index contributed by atoms with van der Waals surface area (Å²) in [4.78, 5) is 28.2. The summed E-state index contributed by atoms with van der Waals surface area (Å²) in [7, 11) is 1.51. The molecule has 7 heteroatoms. The van der Waals surface area contributed by atoms with Crippen LogP contribution >= 0.6 is 0 Å². The Morgan fingerprint density at radius 2 is 1.88 bits per heavy atom. The normalized spacial score (nSPS) is 16.2. The molecule has 7 nitrogen and oxygen atoms in total. The predicted octanol–water partition coefficient (Wildman–Crippen LogP) is 5.43. The first-order valence-electron chi connectivity index (χ1n) is 10.4. The van der Waals surface area contributed by atoms with Gasteiger partial charge < -0.3 is 18.7 Å². The van der Waals surface area contributed by atoms with Gasteiger partial charge in [-0.25, -0.2) is 0 Å². The summed E-state index contributed by atoms with van der Waals surface area (Å²) in [5.74, 6) is -1.10. The van der Waals surface area contributed by atoms with Crippen LogP contribution in [0.3, 0.4) is 0 Å². The molecule has 0 saturated heterocycles. The van der Waals surface area contributed by atoms with Crippen LogP contribution in [0.4, 0.5) is 5.69 Å². The zero-order valence-electron chi connectivity index (χ0n) is 18.3. The summed E-state index contributed by atoms with van der Waals surface area (Å²) in [6.45, 7) is 3.90. The number of aliphatic hydroxyl groups is 1. The summed E-state index contributed by atoms with van der Waals surface area (Å²) in [6.07, 6.45) is 1.46. The van der Waals surface area contributed by atoms with Crippen LogP contribution in [0.1, 0.15) is 33.5 Å². The second-order valence-electron chi connectivity index (χ2n) is 7.94. The molecule has 0 aliphatic carbocycles. The number of carbonyl (C=O) groups excluding carboxylic acids is 2. The van der Waals surface area contributed by atoms with Gasteiger partial charge in [-0.1, -0.05) is 18.2 Å². The topological polar surface area (TPSA) is 93.1 Å². The molecule has 5 rings (SSSR count). The zero-order chi connectivity index (χ0) is 23.3. The lowest BCUT2D eigenvalue weighted by Crippen LogP contribution is -2.30. The summed E-state index contributed by atoms with van der Waals surface area (Å²) in [5, 5.41) is 11.5. The van der Waals surface area contributed by atoms with Crippen LogP contribution in [0.5, 0.6) is 5.75 Å². The molecule has 3 heterocycles. The fourth-order valence-corrected chi connectivity index (χ4v) is 4.14. The quantitative estimate of drug-likeness (QED) is 0.413. The third-order valence-electron chi connectivity index (χ3n) is 5.99. The van der Waals surface area contributed by atoms with E-state index < -0.39 is 23.5 Å². The second kappa shape index (κ2) is 7.70. The van der Waals surface area contributed by atoms with E-state index in [0.717, 1.165) is 11.1 Å². The lowest BCUT2D eigenvalue weighted by atomic mass is 9.99. The van der Waals surface area contributed by atoms with E-state index in [1.807, 2.05) is 26.0 Å². The van der Waals surface area contributed by atoms with Crippen molar-refractivity contribution in [3.05, 3.63) is 94.8 Å². The molecule has 166 valence electrons. The average molecular weight is 443 g/mol. The number of hydrogen-bond donors (Lipinski definition) is 1. The van der Waals surface area contributed by atoms with Gasteiger partial charge in [0.25, 0.3) is 5.91 Å². The van der Waals surface area contributed by atoms with Crippen LogP contribution in [-0.2, 0) is 4.79 Å². The highest BCUT2D eigenvalue weighted by atomic mass is 16.5. The minimum Gasteiger partial charge on any atom is -0.503 e. The number of ether oxygens (including phenoxy) is 1. The molecule has 1 amide bonds. The molecule has 1 atom stereocenters. The van der Waals surface area contributed by atoms with Gasteiger partial charge in [0.1, 0.15) is 11.8 Å². The van der Waals surface area contributed by atoms with E-state index >= 15 is 0 Å². The number of ketones is 1. The van der Waals surface area contributed by atoms with Crippen LogP contribution in [0, 0.1) is 13.8 Å². The van der Waals surface area contributed by atoms with E-state index in [1.54, 1.807) is 42.5 Å². The van der Waals surface area contributed by atoms with Crippen molar-refractivity contribution in [1.29, 1.82) is 0 Å². The maximum Gasteiger partial charge on any atom is 0.294 e. The number of fused-ring (bicyclic) bond motifs is 1. The van der Waals surface area contributed by atoms with Gasteiger partial charge in [-0.15, -0.1) is 0 Å². The van der Waals surface area contributed by atoms with Gasteiger partial charge in [-0.2, -0.15) is 0 Å². The molecule has 0 fully saturated rings. The second-order valence-corrected chi connectivity index (χ2v) is 7.94. The van der Waals surface area contributed by atoms with Crippen LogP contribution in [0.15, 0.2) is 81.0 Å². The lowest BCUT2D eigenvalue weighted by Gasteiger charge is -2.25. The van der Waals surface area contributed by atoms with Crippen molar-refractivity contribution in [2.24, 2.45) is 0 Å². The lowest BCUT2D eigenvalue weighted by molar-refractivity contribution is -0.117. The molecule has 1 aliphatic heterocycles.